The molecule has 0 radical (unpaired) electrons. The number of likely N-dealkylation sites (N-methyl/N-ethyl adjacent to an activating group) is 1. The van der Waals surface area contributed by atoms with Crippen LogP contribution >= 0.6 is 11.6 Å². The van der Waals surface area contributed by atoms with Gasteiger partial charge in [-0.1, -0.05) is 31.5 Å². The van der Waals surface area contributed by atoms with Gasteiger partial charge in [-0.05, 0) is 24.6 Å². The lowest BCUT2D eigenvalue weighted by atomic mass is 10.2. The fourth-order valence-corrected chi connectivity index (χ4v) is 1.75. The summed E-state index contributed by atoms with van der Waals surface area (Å²) in [6, 6.07) is 3.83. The van der Waals surface area contributed by atoms with Crippen LogP contribution in [0.1, 0.15) is 19.5 Å². The molecule has 0 fully saturated rings. The maximum absolute atomic E-state index is 6.15. The van der Waals surface area contributed by atoms with Crippen molar-refractivity contribution in [1.29, 1.82) is 0 Å². The monoisotopic (exact) mass is 267 g/mol. The molecule has 1 rings (SSSR count). The number of pyridine rings is 1. The van der Waals surface area contributed by atoms with Crippen LogP contribution in [-0.2, 0) is 6.54 Å². The molecule has 1 N–H and O–H groups in total. The zero-order chi connectivity index (χ0) is 13.5. The summed E-state index contributed by atoms with van der Waals surface area (Å²) in [5, 5.41) is 4.06. The summed E-state index contributed by atoms with van der Waals surface area (Å²) in [4.78, 5) is 6.61. The molecule has 1 heterocycles. The van der Waals surface area contributed by atoms with Crippen LogP contribution in [-0.4, -0.2) is 25.1 Å². The summed E-state index contributed by atoms with van der Waals surface area (Å²) in [5.74, 6) is 1.54. The fraction of sp³-hybridized carbons (Fsp3) is 0.500. The first-order valence-electron chi connectivity index (χ1n) is 6.22. The number of rotatable bonds is 7. The lowest BCUT2D eigenvalue weighted by Crippen LogP contribution is -2.22. The second-order valence-electron chi connectivity index (χ2n) is 4.79. The summed E-state index contributed by atoms with van der Waals surface area (Å²) in [7, 11) is 1.99. The van der Waals surface area contributed by atoms with Gasteiger partial charge in [0.05, 0.1) is 10.7 Å². The van der Waals surface area contributed by atoms with E-state index >= 15 is 0 Å². The van der Waals surface area contributed by atoms with Crippen LogP contribution in [0.3, 0.4) is 0 Å². The van der Waals surface area contributed by atoms with Crippen molar-refractivity contribution in [2.75, 3.05) is 25.0 Å². The van der Waals surface area contributed by atoms with E-state index in [4.69, 9.17) is 11.6 Å². The second kappa shape index (κ2) is 7.39. The summed E-state index contributed by atoms with van der Waals surface area (Å²) < 4.78 is 0. The van der Waals surface area contributed by atoms with E-state index < -0.39 is 0 Å². The molecule has 0 aliphatic heterocycles. The van der Waals surface area contributed by atoms with E-state index in [1.54, 1.807) is 0 Å². The standard InChI is InChI=1S/C14H22ClN3/c1-5-8-18(4)14-7-6-12(15)13(17-14)10-16-9-11(2)3/h5-7,11,16H,1,8-10H2,2-4H3. The molecular formula is C14H22ClN3. The van der Waals surface area contributed by atoms with Crippen LogP contribution in [0.25, 0.3) is 0 Å². The smallest absolute Gasteiger partial charge is 0.128 e. The predicted octanol–water partition coefficient (Wildman–Crippen LogP) is 3.10. The van der Waals surface area contributed by atoms with Crippen LogP contribution < -0.4 is 10.2 Å². The van der Waals surface area contributed by atoms with Gasteiger partial charge in [-0.3, -0.25) is 0 Å². The Morgan fingerprint density at radius 3 is 2.83 bits per heavy atom. The van der Waals surface area contributed by atoms with Gasteiger partial charge in [-0.25, -0.2) is 4.98 Å². The molecule has 0 atom stereocenters. The van der Waals surface area contributed by atoms with E-state index in [0.717, 1.165) is 24.6 Å². The third-order valence-electron chi connectivity index (χ3n) is 2.54. The van der Waals surface area contributed by atoms with Crippen molar-refractivity contribution in [2.45, 2.75) is 20.4 Å². The molecule has 0 aromatic carbocycles. The van der Waals surface area contributed by atoms with E-state index in [2.05, 4.69) is 30.7 Å². The quantitative estimate of drug-likeness (QED) is 0.770. The van der Waals surface area contributed by atoms with Gasteiger partial charge in [-0.15, -0.1) is 6.58 Å². The van der Waals surface area contributed by atoms with Gasteiger partial charge in [0.1, 0.15) is 5.82 Å². The first kappa shape index (κ1) is 15.0. The lowest BCUT2D eigenvalue weighted by Gasteiger charge is -2.17. The highest BCUT2D eigenvalue weighted by molar-refractivity contribution is 6.31. The molecule has 0 amide bonds. The molecule has 1 aromatic heterocycles. The highest BCUT2D eigenvalue weighted by atomic mass is 35.5. The van der Waals surface area contributed by atoms with Gasteiger partial charge in [0.15, 0.2) is 0 Å². The Morgan fingerprint density at radius 2 is 2.22 bits per heavy atom. The number of anilines is 1. The van der Waals surface area contributed by atoms with Crippen LogP contribution in [0.4, 0.5) is 5.82 Å². The molecular weight excluding hydrogens is 246 g/mol. The molecule has 0 spiro atoms. The molecule has 0 saturated heterocycles. The van der Waals surface area contributed by atoms with E-state index in [1.807, 2.05) is 30.2 Å². The third-order valence-corrected chi connectivity index (χ3v) is 2.89. The van der Waals surface area contributed by atoms with Crippen molar-refractivity contribution in [3.05, 3.63) is 35.5 Å². The van der Waals surface area contributed by atoms with Gasteiger partial charge < -0.3 is 10.2 Å². The molecule has 1 aromatic rings. The molecule has 3 nitrogen and oxygen atoms in total. The van der Waals surface area contributed by atoms with Crippen molar-refractivity contribution >= 4 is 17.4 Å². The Morgan fingerprint density at radius 1 is 1.50 bits per heavy atom. The lowest BCUT2D eigenvalue weighted by molar-refractivity contribution is 0.548. The molecule has 4 heteroatoms. The molecule has 100 valence electrons. The molecule has 18 heavy (non-hydrogen) atoms. The average molecular weight is 268 g/mol. The summed E-state index contributed by atoms with van der Waals surface area (Å²) in [6.45, 7) is 10.5. The highest BCUT2D eigenvalue weighted by Crippen LogP contribution is 2.18. The summed E-state index contributed by atoms with van der Waals surface area (Å²) in [5.41, 5.74) is 0.894. The number of halogens is 1. The SMILES string of the molecule is C=CCN(C)c1ccc(Cl)c(CNCC(C)C)n1. The zero-order valence-electron chi connectivity index (χ0n) is 11.4. The minimum Gasteiger partial charge on any atom is -0.356 e. The Hall–Kier alpha value is -1.06. The Kier molecular flexibility index (Phi) is 6.16. The first-order valence-corrected chi connectivity index (χ1v) is 6.60. The first-order chi connectivity index (χ1) is 8.54. The van der Waals surface area contributed by atoms with E-state index in [9.17, 15) is 0 Å². The molecule has 0 bridgehead atoms. The minimum absolute atomic E-state index is 0.621. The van der Waals surface area contributed by atoms with Crippen LogP contribution in [0.15, 0.2) is 24.8 Å². The Balaban J connectivity index is 2.71. The largest absolute Gasteiger partial charge is 0.356 e. The minimum atomic E-state index is 0.621. The van der Waals surface area contributed by atoms with Crippen LogP contribution in [0, 0.1) is 5.92 Å². The number of nitrogens with one attached hydrogen (secondary N) is 1. The molecule has 0 saturated carbocycles. The van der Waals surface area contributed by atoms with E-state index in [-0.39, 0.29) is 0 Å². The molecule has 0 aliphatic carbocycles. The molecule has 0 aliphatic rings. The maximum atomic E-state index is 6.15. The highest BCUT2D eigenvalue weighted by Gasteiger charge is 2.06. The Labute approximate surface area is 115 Å². The predicted molar refractivity (Wildman–Crippen MR) is 79.3 cm³/mol. The number of nitrogens with zero attached hydrogens (tertiary/aromatic N) is 2. The van der Waals surface area contributed by atoms with Crippen molar-refractivity contribution in [3.8, 4) is 0 Å². The van der Waals surface area contributed by atoms with Gasteiger partial charge in [0.25, 0.3) is 0 Å². The summed E-state index contributed by atoms with van der Waals surface area (Å²) >= 11 is 6.15. The van der Waals surface area contributed by atoms with Crippen LogP contribution in [0.5, 0.6) is 0 Å². The molecule has 0 unspecified atom stereocenters. The van der Waals surface area contributed by atoms with Gasteiger partial charge in [0, 0.05) is 20.1 Å². The van der Waals surface area contributed by atoms with Crippen molar-refractivity contribution in [3.63, 3.8) is 0 Å². The van der Waals surface area contributed by atoms with Gasteiger partial charge >= 0.3 is 0 Å². The summed E-state index contributed by atoms with van der Waals surface area (Å²) in [6.07, 6.45) is 1.85. The second-order valence-corrected chi connectivity index (χ2v) is 5.20. The van der Waals surface area contributed by atoms with E-state index in [1.165, 1.54) is 0 Å². The maximum Gasteiger partial charge on any atom is 0.128 e. The topological polar surface area (TPSA) is 28.2 Å². The van der Waals surface area contributed by atoms with Crippen molar-refractivity contribution < 1.29 is 0 Å². The Bertz CT molecular complexity index is 391. The third kappa shape index (κ3) is 4.67. The number of hydrogen-bond donors (Lipinski definition) is 1. The zero-order valence-corrected chi connectivity index (χ0v) is 12.2. The number of aromatic nitrogens is 1. The average Bonchev–Trinajstić information content (AvgIpc) is 2.31. The van der Waals surface area contributed by atoms with E-state index in [0.29, 0.717) is 17.5 Å². The van der Waals surface area contributed by atoms with Gasteiger partial charge in [-0.2, -0.15) is 0 Å². The number of hydrogen-bond acceptors (Lipinski definition) is 3. The van der Waals surface area contributed by atoms with Crippen LogP contribution in [0.2, 0.25) is 5.02 Å². The van der Waals surface area contributed by atoms with Crippen molar-refractivity contribution in [1.82, 2.24) is 10.3 Å². The normalized spacial score (nSPS) is 10.7. The van der Waals surface area contributed by atoms with Gasteiger partial charge in [0.2, 0.25) is 0 Å². The fourth-order valence-electron chi connectivity index (χ4n) is 1.58. The van der Waals surface area contributed by atoms with Crippen molar-refractivity contribution in [2.24, 2.45) is 5.92 Å².